The lowest BCUT2D eigenvalue weighted by Crippen LogP contribution is -2.48. The summed E-state index contributed by atoms with van der Waals surface area (Å²) < 4.78 is 30.8. The van der Waals surface area contributed by atoms with E-state index in [0.717, 1.165) is 81.0 Å². The summed E-state index contributed by atoms with van der Waals surface area (Å²) in [5.41, 5.74) is 3.00. The zero-order valence-electron chi connectivity index (χ0n) is 23.1. The lowest BCUT2D eigenvalue weighted by atomic mass is 10.0. The third-order valence-corrected chi connectivity index (χ3v) is 7.69. The van der Waals surface area contributed by atoms with Crippen LogP contribution in [0.1, 0.15) is 42.4 Å². The normalized spacial score (nSPS) is 17.0. The quantitative estimate of drug-likeness (QED) is 0.314. The molecule has 1 amide bonds. The minimum atomic E-state index is -0.268. The molecule has 2 fully saturated rings. The molecule has 40 heavy (non-hydrogen) atoms. The van der Waals surface area contributed by atoms with E-state index in [0.29, 0.717) is 19.6 Å². The molecular weight excluding hydrogens is 507 g/mol. The van der Waals surface area contributed by atoms with Gasteiger partial charge in [0.15, 0.2) is 6.29 Å². The summed E-state index contributed by atoms with van der Waals surface area (Å²) >= 11 is 0. The van der Waals surface area contributed by atoms with Crippen LogP contribution in [0, 0.1) is 5.82 Å². The highest BCUT2D eigenvalue weighted by Gasteiger charge is 2.28. The first-order valence-corrected chi connectivity index (χ1v) is 14.4. The third-order valence-electron chi connectivity index (χ3n) is 7.69. The second kappa shape index (κ2) is 14.4. The van der Waals surface area contributed by atoms with Gasteiger partial charge in [-0.3, -0.25) is 4.79 Å². The Morgan fingerprint density at radius 3 is 2.25 bits per heavy atom. The van der Waals surface area contributed by atoms with Crippen molar-refractivity contribution in [1.82, 2.24) is 9.80 Å². The number of hydrogen-bond donors (Lipinski definition) is 0. The summed E-state index contributed by atoms with van der Waals surface area (Å²) in [6.45, 7) is 5.32. The van der Waals surface area contributed by atoms with E-state index in [4.69, 9.17) is 14.2 Å². The Kier molecular flexibility index (Phi) is 10.2. The maximum Gasteiger partial charge on any atom is 0.227 e. The highest BCUT2D eigenvalue weighted by atomic mass is 19.1. The van der Waals surface area contributed by atoms with Gasteiger partial charge >= 0.3 is 0 Å². The highest BCUT2D eigenvalue weighted by molar-refractivity contribution is 5.79. The summed E-state index contributed by atoms with van der Waals surface area (Å²) in [6.07, 6.45) is 3.87. The summed E-state index contributed by atoms with van der Waals surface area (Å²) in [6, 6.07) is 24.4. The van der Waals surface area contributed by atoms with E-state index in [1.807, 2.05) is 59.5 Å². The van der Waals surface area contributed by atoms with Gasteiger partial charge in [0.05, 0.1) is 19.6 Å². The lowest BCUT2D eigenvalue weighted by molar-refractivity contribution is -0.182. The van der Waals surface area contributed by atoms with E-state index >= 15 is 0 Å². The molecule has 0 aromatic heterocycles. The Morgan fingerprint density at radius 1 is 0.875 bits per heavy atom. The first-order valence-electron chi connectivity index (χ1n) is 14.4. The van der Waals surface area contributed by atoms with Gasteiger partial charge in [-0.15, -0.1) is 0 Å². The molecule has 0 saturated carbocycles. The molecule has 0 bridgehead atoms. The van der Waals surface area contributed by atoms with Gasteiger partial charge in [-0.25, -0.2) is 4.39 Å². The van der Waals surface area contributed by atoms with E-state index in [1.165, 1.54) is 12.1 Å². The second-order valence-electron chi connectivity index (χ2n) is 10.6. The highest BCUT2D eigenvalue weighted by Crippen LogP contribution is 2.23. The average Bonchev–Trinajstić information content (AvgIpc) is 3.01. The van der Waals surface area contributed by atoms with Gasteiger partial charge in [-0.05, 0) is 60.2 Å². The molecule has 0 spiro atoms. The van der Waals surface area contributed by atoms with Crippen molar-refractivity contribution in [3.05, 3.63) is 101 Å². The minimum Gasteiger partial charge on any atom is -0.489 e. The molecule has 0 radical (unpaired) electrons. The van der Waals surface area contributed by atoms with Crippen molar-refractivity contribution < 1.29 is 23.4 Å². The predicted octanol–water partition coefficient (Wildman–Crippen LogP) is 5.59. The van der Waals surface area contributed by atoms with Crippen LogP contribution in [0.3, 0.4) is 0 Å². The van der Waals surface area contributed by atoms with Crippen LogP contribution in [0.15, 0.2) is 78.9 Å². The Hall–Kier alpha value is -3.26. The molecule has 0 atom stereocenters. The number of halogens is 1. The molecule has 0 unspecified atom stereocenters. The van der Waals surface area contributed by atoms with Gasteiger partial charge in [-0.1, -0.05) is 54.6 Å². The average molecular weight is 547 g/mol. The first-order chi connectivity index (χ1) is 19.6. The molecule has 2 aliphatic heterocycles. The number of benzene rings is 3. The fourth-order valence-electron chi connectivity index (χ4n) is 5.37. The van der Waals surface area contributed by atoms with Crippen molar-refractivity contribution >= 4 is 5.91 Å². The molecule has 0 N–H and O–H groups in total. The van der Waals surface area contributed by atoms with Gasteiger partial charge < -0.3 is 24.0 Å². The molecule has 7 heteroatoms. The maximum absolute atomic E-state index is 13.7. The summed E-state index contributed by atoms with van der Waals surface area (Å²) in [5, 5.41) is 0. The molecule has 6 nitrogen and oxygen atoms in total. The standard InChI is InChI=1S/C33H39FN2O4/c34-29-11-7-27(8-12-29)24-36(30-15-18-35(19-16-30)20-17-33-38-21-4-22-39-33)32(37)23-26-9-13-31(14-10-26)40-25-28-5-2-1-3-6-28/h1-3,5-14,30,33H,4,15-25H2. The van der Waals surface area contributed by atoms with Crippen molar-refractivity contribution in [3.8, 4) is 5.75 Å². The summed E-state index contributed by atoms with van der Waals surface area (Å²) in [7, 11) is 0. The van der Waals surface area contributed by atoms with Crippen LogP contribution >= 0.6 is 0 Å². The van der Waals surface area contributed by atoms with Crippen LogP contribution in [0.5, 0.6) is 5.75 Å². The largest absolute Gasteiger partial charge is 0.489 e. The van der Waals surface area contributed by atoms with Crippen molar-refractivity contribution in [3.63, 3.8) is 0 Å². The number of piperidine rings is 1. The van der Waals surface area contributed by atoms with E-state index in [2.05, 4.69) is 4.90 Å². The number of carbonyl (C=O) groups excluding carboxylic acids is 1. The van der Waals surface area contributed by atoms with E-state index in [9.17, 15) is 9.18 Å². The maximum atomic E-state index is 13.7. The Balaban J connectivity index is 1.17. The van der Waals surface area contributed by atoms with E-state index < -0.39 is 0 Å². The Morgan fingerprint density at radius 2 is 1.55 bits per heavy atom. The number of likely N-dealkylation sites (tertiary alicyclic amines) is 1. The van der Waals surface area contributed by atoms with Gasteiger partial charge in [-0.2, -0.15) is 0 Å². The zero-order valence-corrected chi connectivity index (χ0v) is 23.1. The molecular formula is C33H39FN2O4. The molecule has 5 rings (SSSR count). The minimum absolute atomic E-state index is 0.0877. The summed E-state index contributed by atoms with van der Waals surface area (Å²) in [4.78, 5) is 18.1. The Labute approximate surface area is 236 Å². The Bertz CT molecular complexity index is 1180. The number of ether oxygens (including phenoxy) is 3. The molecule has 0 aliphatic carbocycles. The SMILES string of the molecule is O=C(Cc1ccc(OCc2ccccc2)cc1)N(Cc1ccc(F)cc1)C1CCN(CCC2OCCCO2)CC1. The van der Waals surface area contributed by atoms with Crippen molar-refractivity contribution in [2.75, 3.05) is 32.8 Å². The topological polar surface area (TPSA) is 51.2 Å². The molecule has 3 aromatic carbocycles. The number of hydrogen-bond acceptors (Lipinski definition) is 5. The van der Waals surface area contributed by atoms with E-state index in [-0.39, 0.29) is 24.1 Å². The van der Waals surface area contributed by atoms with Gasteiger partial charge in [0.1, 0.15) is 18.2 Å². The van der Waals surface area contributed by atoms with Gasteiger partial charge in [0.25, 0.3) is 0 Å². The van der Waals surface area contributed by atoms with E-state index in [1.54, 1.807) is 12.1 Å². The van der Waals surface area contributed by atoms with Gasteiger partial charge in [0.2, 0.25) is 5.91 Å². The van der Waals surface area contributed by atoms with Gasteiger partial charge in [0, 0.05) is 38.6 Å². The first kappa shape index (κ1) is 28.3. The smallest absolute Gasteiger partial charge is 0.227 e. The molecule has 2 saturated heterocycles. The monoisotopic (exact) mass is 546 g/mol. The zero-order chi connectivity index (χ0) is 27.6. The van der Waals surface area contributed by atoms with Crippen LogP contribution in [0.2, 0.25) is 0 Å². The van der Waals surface area contributed by atoms with Crippen molar-refractivity contribution in [2.24, 2.45) is 0 Å². The fourth-order valence-corrected chi connectivity index (χ4v) is 5.37. The van der Waals surface area contributed by atoms with Crippen LogP contribution in [-0.4, -0.2) is 60.9 Å². The number of amides is 1. The van der Waals surface area contributed by atoms with Crippen LogP contribution in [0.4, 0.5) is 4.39 Å². The molecule has 212 valence electrons. The van der Waals surface area contributed by atoms with Crippen LogP contribution in [-0.2, 0) is 33.8 Å². The van der Waals surface area contributed by atoms with Crippen molar-refractivity contribution in [1.29, 1.82) is 0 Å². The molecule has 2 aliphatic rings. The van der Waals surface area contributed by atoms with Crippen LogP contribution in [0.25, 0.3) is 0 Å². The summed E-state index contributed by atoms with van der Waals surface area (Å²) in [5.74, 6) is 0.597. The number of rotatable bonds is 11. The third kappa shape index (κ3) is 8.37. The lowest BCUT2D eigenvalue weighted by Gasteiger charge is -2.39. The van der Waals surface area contributed by atoms with Crippen LogP contribution < -0.4 is 4.74 Å². The molecule has 2 heterocycles. The number of carbonyl (C=O) groups is 1. The van der Waals surface area contributed by atoms with Crippen molar-refractivity contribution in [2.45, 2.75) is 57.6 Å². The fraction of sp³-hybridized carbons (Fsp3) is 0.424. The molecule has 3 aromatic rings. The second-order valence-corrected chi connectivity index (χ2v) is 10.6. The predicted molar refractivity (Wildman–Crippen MR) is 152 cm³/mol. The number of nitrogens with zero attached hydrogens (tertiary/aromatic N) is 2.